The van der Waals surface area contributed by atoms with Crippen LogP contribution in [-0.4, -0.2) is 57.0 Å². The fourth-order valence-corrected chi connectivity index (χ4v) is 4.64. The second kappa shape index (κ2) is 9.74. The van der Waals surface area contributed by atoms with Gasteiger partial charge < -0.3 is 9.88 Å². The van der Waals surface area contributed by atoms with Gasteiger partial charge in [0.1, 0.15) is 18.5 Å². The first kappa shape index (κ1) is 23.6. The number of carbonyl (C=O) groups is 1. The summed E-state index contributed by atoms with van der Waals surface area (Å²) < 4.78 is 29.8. The summed E-state index contributed by atoms with van der Waals surface area (Å²) in [6.07, 6.45) is 3.84. The maximum Gasteiger partial charge on any atom is 0.242 e. The molecule has 0 saturated carbocycles. The second-order valence-electron chi connectivity index (χ2n) is 8.05. The van der Waals surface area contributed by atoms with Crippen LogP contribution in [0.4, 0.5) is 5.69 Å². The van der Waals surface area contributed by atoms with Gasteiger partial charge in [-0.1, -0.05) is 12.1 Å². The summed E-state index contributed by atoms with van der Waals surface area (Å²) in [6, 6.07) is 12.5. The van der Waals surface area contributed by atoms with Gasteiger partial charge in [0.15, 0.2) is 0 Å². The number of nitrogens with zero attached hydrogens (tertiary/aromatic N) is 6. The molecule has 0 unspecified atom stereocenters. The van der Waals surface area contributed by atoms with Crippen molar-refractivity contribution in [3.63, 3.8) is 0 Å². The Morgan fingerprint density at radius 3 is 2.53 bits per heavy atom. The van der Waals surface area contributed by atoms with Crippen molar-refractivity contribution >= 4 is 32.7 Å². The average molecular weight is 482 g/mol. The summed E-state index contributed by atoms with van der Waals surface area (Å²) in [5.74, 6) is 0.629. The Balaban J connectivity index is 1.42. The lowest BCUT2D eigenvalue weighted by Crippen LogP contribution is -2.22. The number of imidazole rings is 1. The summed E-state index contributed by atoms with van der Waals surface area (Å²) in [4.78, 5) is 21.3. The van der Waals surface area contributed by atoms with Gasteiger partial charge in [-0.15, -0.1) is 0 Å². The molecule has 0 bridgehead atoms. The predicted molar refractivity (Wildman–Crippen MR) is 129 cm³/mol. The molecule has 0 spiro atoms. The Bertz CT molecular complexity index is 1390. The van der Waals surface area contributed by atoms with Gasteiger partial charge in [-0.25, -0.2) is 27.4 Å². The van der Waals surface area contributed by atoms with Crippen LogP contribution in [0.3, 0.4) is 0 Å². The van der Waals surface area contributed by atoms with E-state index in [1.165, 1.54) is 24.7 Å². The smallest absolute Gasteiger partial charge is 0.242 e. The number of aryl methyl sites for hydroxylation is 2. The molecule has 0 radical (unpaired) electrons. The van der Waals surface area contributed by atoms with Crippen molar-refractivity contribution in [3.8, 4) is 0 Å². The minimum absolute atomic E-state index is 0.116. The number of amides is 1. The minimum atomic E-state index is -3.54. The number of carbonyl (C=O) groups excluding carboxylic acids is 1. The van der Waals surface area contributed by atoms with Gasteiger partial charge in [-0.05, 0) is 42.8 Å². The molecule has 34 heavy (non-hydrogen) atoms. The van der Waals surface area contributed by atoms with E-state index in [1.54, 1.807) is 29.2 Å². The van der Waals surface area contributed by atoms with E-state index in [2.05, 4.69) is 20.4 Å². The predicted octanol–water partition coefficient (Wildman–Crippen LogP) is 2.52. The Morgan fingerprint density at radius 1 is 1.12 bits per heavy atom. The maximum atomic E-state index is 12.5. The van der Waals surface area contributed by atoms with Crippen LogP contribution in [0.15, 0.2) is 60.0 Å². The van der Waals surface area contributed by atoms with E-state index in [0.29, 0.717) is 25.0 Å². The standard InChI is InChI=1S/C23H27N7O3S/c1-4-30-21-10-9-19(34(32,33)28(2)3)13-20(21)27-22(30)11-12-23(31)26-18-7-5-17(6-8-18)14-29-16-24-15-25-29/h5-10,13,15-16H,4,11-12,14H2,1-3H3,(H,26,31). The van der Waals surface area contributed by atoms with E-state index in [0.717, 1.165) is 22.6 Å². The lowest BCUT2D eigenvalue weighted by molar-refractivity contribution is -0.116. The number of anilines is 1. The molecule has 2 aromatic carbocycles. The van der Waals surface area contributed by atoms with Gasteiger partial charge in [-0.2, -0.15) is 5.10 Å². The number of aromatic nitrogens is 5. The zero-order chi connectivity index (χ0) is 24.3. The van der Waals surface area contributed by atoms with E-state index < -0.39 is 10.0 Å². The van der Waals surface area contributed by atoms with E-state index in [-0.39, 0.29) is 17.2 Å². The summed E-state index contributed by atoms with van der Waals surface area (Å²) in [6.45, 7) is 3.27. The average Bonchev–Trinajstić information content (AvgIpc) is 3.45. The second-order valence-corrected chi connectivity index (χ2v) is 10.2. The Labute approximate surface area is 198 Å². The first-order chi connectivity index (χ1) is 16.3. The molecule has 2 heterocycles. The SMILES string of the molecule is CCn1c(CCC(=O)Nc2ccc(Cn3cncn3)cc2)nc2cc(S(=O)(=O)N(C)C)ccc21. The molecule has 4 aromatic rings. The maximum absolute atomic E-state index is 12.5. The lowest BCUT2D eigenvalue weighted by Gasteiger charge is -2.11. The monoisotopic (exact) mass is 481 g/mol. The summed E-state index contributed by atoms with van der Waals surface area (Å²) >= 11 is 0. The molecular formula is C23H27N7O3S. The van der Waals surface area contributed by atoms with E-state index in [4.69, 9.17) is 0 Å². The third kappa shape index (κ3) is 5.00. The lowest BCUT2D eigenvalue weighted by atomic mass is 10.2. The molecule has 11 heteroatoms. The van der Waals surface area contributed by atoms with Crippen LogP contribution >= 0.6 is 0 Å². The van der Waals surface area contributed by atoms with Gasteiger partial charge in [0.05, 0.1) is 22.5 Å². The topological polar surface area (TPSA) is 115 Å². The Kier molecular flexibility index (Phi) is 6.75. The highest BCUT2D eigenvalue weighted by molar-refractivity contribution is 7.89. The zero-order valence-electron chi connectivity index (χ0n) is 19.3. The van der Waals surface area contributed by atoms with E-state index in [1.807, 2.05) is 35.8 Å². The number of nitrogens with one attached hydrogen (secondary N) is 1. The van der Waals surface area contributed by atoms with Crippen LogP contribution in [0.1, 0.15) is 24.7 Å². The number of hydrogen-bond acceptors (Lipinski definition) is 6. The molecule has 0 aliphatic carbocycles. The molecular weight excluding hydrogens is 454 g/mol. The number of sulfonamides is 1. The van der Waals surface area contributed by atoms with Crippen molar-refractivity contribution < 1.29 is 13.2 Å². The molecule has 178 valence electrons. The fourth-order valence-electron chi connectivity index (χ4n) is 3.72. The van der Waals surface area contributed by atoms with Crippen molar-refractivity contribution in [2.24, 2.45) is 0 Å². The molecule has 1 N–H and O–H groups in total. The number of fused-ring (bicyclic) bond motifs is 1. The fraction of sp³-hybridized carbons (Fsp3) is 0.304. The van der Waals surface area contributed by atoms with Crippen molar-refractivity contribution in [2.75, 3.05) is 19.4 Å². The normalized spacial score (nSPS) is 11.9. The van der Waals surface area contributed by atoms with Crippen LogP contribution in [0.25, 0.3) is 11.0 Å². The number of hydrogen-bond donors (Lipinski definition) is 1. The first-order valence-electron chi connectivity index (χ1n) is 10.9. The van der Waals surface area contributed by atoms with Gasteiger partial charge in [0.25, 0.3) is 0 Å². The highest BCUT2D eigenvalue weighted by Gasteiger charge is 2.19. The van der Waals surface area contributed by atoms with Gasteiger partial charge in [0.2, 0.25) is 15.9 Å². The molecule has 1 amide bonds. The van der Waals surface area contributed by atoms with Gasteiger partial charge >= 0.3 is 0 Å². The zero-order valence-corrected chi connectivity index (χ0v) is 20.2. The van der Waals surface area contributed by atoms with Gasteiger partial charge in [0, 0.05) is 39.2 Å². The number of benzene rings is 2. The van der Waals surface area contributed by atoms with Gasteiger partial charge in [-0.3, -0.25) is 4.79 Å². The van der Waals surface area contributed by atoms with Crippen molar-refractivity contribution in [2.45, 2.75) is 37.8 Å². The minimum Gasteiger partial charge on any atom is -0.328 e. The Hall–Kier alpha value is -3.57. The molecule has 2 aromatic heterocycles. The highest BCUT2D eigenvalue weighted by Crippen LogP contribution is 2.23. The molecule has 10 nitrogen and oxygen atoms in total. The van der Waals surface area contributed by atoms with Crippen molar-refractivity contribution in [3.05, 3.63) is 66.5 Å². The third-order valence-corrected chi connectivity index (χ3v) is 7.33. The van der Waals surface area contributed by atoms with Crippen molar-refractivity contribution in [1.82, 2.24) is 28.6 Å². The molecule has 0 aliphatic heterocycles. The summed E-state index contributed by atoms with van der Waals surface area (Å²) in [5, 5.41) is 7.00. The van der Waals surface area contributed by atoms with Crippen LogP contribution in [0.2, 0.25) is 0 Å². The number of rotatable bonds is 9. The van der Waals surface area contributed by atoms with Crippen LogP contribution in [-0.2, 0) is 34.3 Å². The quantitative estimate of drug-likeness (QED) is 0.393. The first-order valence-corrected chi connectivity index (χ1v) is 12.3. The van der Waals surface area contributed by atoms with E-state index in [9.17, 15) is 13.2 Å². The molecule has 0 aliphatic rings. The molecule has 4 rings (SSSR count). The van der Waals surface area contributed by atoms with Crippen LogP contribution < -0.4 is 5.32 Å². The van der Waals surface area contributed by atoms with E-state index >= 15 is 0 Å². The largest absolute Gasteiger partial charge is 0.328 e. The molecule has 0 fully saturated rings. The van der Waals surface area contributed by atoms with Crippen LogP contribution in [0, 0.1) is 0 Å². The van der Waals surface area contributed by atoms with Crippen LogP contribution in [0.5, 0.6) is 0 Å². The summed E-state index contributed by atoms with van der Waals surface area (Å²) in [7, 11) is -0.547. The molecule has 0 saturated heterocycles. The van der Waals surface area contributed by atoms with Crippen molar-refractivity contribution in [1.29, 1.82) is 0 Å². The molecule has 0 atom stereocenters. The highest BCUT2D eigenvalue weighted by atomic mass is 32.2. The Morgan fingerprint density at radius 2 is 1.88 bits per heavy atom. The summed E-state index contributed by atoms with van der Waals surface area (Å²) in [5.41, 5.74) is 3.22. The third-order valence-electron chi connectivity index (χ3n) is 5.52.